The van der Waals surface area contributed by atoms with E-state index in [1.54, 1.807) is 23.1 Å². The summed E-state index contributed by atoms with van der Waals surface area (Å²) in [7, 11) is 0. The number of ether oxygens (including phenoxy) is 1. The largest absolute Gasteiger partial charge is 0.376 e. The average molecular weight is 447 g/mol. The van der Waals surface area contributed by atoms with Crippen molar-refractivity contribution in [1.29, 1.82) is 0 Å². The summed E-state index contributed by atoms with van der Waals surface area (Å²) < 4.78 is 6.73. The van der Waals surface area contributed by atoms with Crippen molar-refractivity contribution in [3.63, 3.8) is 0 Å². The fraction of sp³-hybridized carbons (Fsp3) is 0.273. The number of fused-ring (bicyclic) bond motifs is 1. The number of hydrogen-bond acceptors (Lipinski definition) is 4. The van der Waals surface area contributed by atoms with Gasteiger partial charge in [-0.1, -0.05) is 52.7 Å². The number of aryl methyl sites for hydroxylation is 1. The molecule has 0 saturated carbocycles. The molecule has 1 saturated heterocycles. The van der Waals surface area contributed by atoms with Crippen molar-refractivity contribution in [2.45, 2.75) is 25.9 Å². The monoisotopic (exact) mass is 446 g/mol. The molecule has 0 bridgehead atoms. The van der Waals surface area contributed by atoms with Crippen molar-refractivity contribution in [3.8, 4) is 0 Å². The minimum Gasteiger partial charge on any atom is -0.376 e. The first-order chi connectivity index (χ1) is 14.0. The second kappa shape index (κ2) is 8.84. The summed E-state index contributed by atoms with van der Waals surface area (Å²) in [6, 6.07) is 11.2. The molecule has 2 aromatic carbocycles. The van der Waals surface area contributed by atoms with Gasteiger partial charge in [0.15, 0.2) is 5.13 Å². The average Bonchev–Trinajstić information content (AvgIpc) is 3.34. The van der Waals surface area contributed by atoms with Crippen molar-refractivity contribution in [2.24, 2.45) is 0 Å². The second-order valence-corrected chi connectivity index (χ2v) is 8.86. The van der Waals surface area contributed by atoms with Crippen molar-refractivity contribution >= 4 is 61.9 Å². The molecule has 7 heteroatoms. The van der Waals surface area contributed by atoms with E-state index < -0.39 is 0 Å². The maximum Gasteiger partial charge on any atom is 0.252 e. The van der Waals surface area contributed by atoms with Gasteiger partial charge in [0.05, 0.1) is 22.9 Å². The Balaban J connectivity index is 1.66. The van der Waals surface area contributed by atoms with Crippen LogP contribution in [0, 0.1) is 6.92 Å². The fourth-order valence-electron chi connectivity index (χ4n) is 3.37. The molecule has 1 fully saturated rings. The van der Waals surface area contributed by atoms with Crippen LogP contribution < -0.4 is 4.90 Å². The van der Waals surface area contributed by atoms with E-state index >= 15 is 0 Å². The molecule has 1 aromatic heterocycles. The summed E-state index contributed by atoms with van der Waals surface area (Å²) in [5.41, 5.74) is 2.66. The van der Waals surface area contributed by atoms with E-state index in [0.29, 0.717) is 21.7 Å². The van der Waals surface area contributed by atoms with Crippen molar-refractivity contribution in [1.82, 2.24) is 4.98 Å². The number of anilines is 1. The molecule has 29 heavy (non-hydrogen) atoms. The predicted octanol–water partition coefficient (Wildman–Crippen LogP) is 6.14. The van der Waals surface area contributed by atoms with Crippen LogP contribution in [-0.2, 0) is 9.53 Å². The number of thiazole rings is 1. The molecule has 1 amide bonds. The Morgan fingerprint density at radius 1 is 1.34 bits per heavy atom. The molecule has 150 valence electrons. The molecule has 0 radical (unpaired) electrons. The van der Waals surface area contributed by atoms with Crippen LogP contribution in [0.5, 0.6) is 0 Å². The highest BCUT2D eigenvalue weighted by Crippen LogP contribution is 2.34. The number of hydrogen-bond donors (Lipinski definition) is 0. The molecular formula is C22H20Cl2N2O2S. The first kappa shape index (κ1) is 20.4. The Morgan fingerprint density at radius 2 is 2.17 bits per heavy atom. The van der Waals surface area contributed by atoms with Gasteiger partial charge in [-0.15, -0.1) is 0 Å². The maximum atomic E-state index is 13.1. The Kier molecular flexibility index (Phi) is 6.20. The summed E-state index contributed by atoms with van der Waals surface area (Å²) in [5.74, 6) is -0.150. The Bertz CT molecular complexity index is 1070. The van der Waals surface area contributed by atoms with Gasteiger partial charge in [-0.05, 0) is 55.2 Å². The van der Waals surface area contributed by atoms with Crippen LogP contribution in [-0.4, -0.2) is 30.1 Å². The van der Waals surface area contributed by atoms with Gasteiger partial charge in [0.25, 0.3) is 5.91 Å². The van der Waals surface area contributed by atoms with Crippen molar-refractivity contribution < 1.29 is 9.53 Å². The molecule has 0 N–H and O–H groups in total. The third kappa shape index (κ3) is 4.64. The highest BCUT2D eigenvalue weighted by Gasteiger charge is 2.25. The Hall–Kier alpha value is -1.92. The predicted molar refractivity (Wildman–Crippen MR) is 121 cm³/mol. The van der Waals surface area contributed by atoms with Crippen molar-refractivity contribution in [2.75, 3.05) is 18.1 Å². The van der Waals surface area contributed by atoms with Gasteiger partial charge in [-0.2, -0.15) is 0 Å². The van der Waals surface area contributed by atoms with E-state index in [4.69, 9.17) is 32.9 Å². The molecule has 0 aliphatic carbocycles. The van der Waals surface area contributed by atoms with E-state index in [-0.39, 0.29) is 12.0 Å². The molecule has 1 atom stereocenters. The third-order valence-corrected chi connectivity index (χ3v) is 6.44. The number of rotatable bonds is 5. The number of aromatic nitrogens is 1. The minimum absolute atomic E-state index is 0.0179. The second-order valence-electron chi connectivity index (χ2n) is 7.00. The zero-order valence-electron chi connectivity index (χ0n) is 15.9. The Labute approximate surface area is 183 Å². The zero-order valence-corrected chi connectivity index (χ0v) is 18.2. The lowest BCUT2D eigenvalue weighted by Gasteiger charge is -2.21. The highest BCUT2D eigenvalue weighted by atomic mass is 35.5. The number of halogens is 2. The van der Waals surface area contributed by atoms with Gasteiger partial charge in [-0.3, -0.25) is 9.69 Å². The van der Waals surface area contributed by atoms with Gasteiger partial charge in [-0.25, -0.2) is 4.98 Å². The Morgan fingerprint density at radius 3 is 2.93 bits per heavy atom. The molecule has 4 nitrogen and oxygen atoms in total. The highest BCUT2D eigenvalue weighted by molar-refractivity contribution is 7.22. The molecule has 3 aromatic rings. The maximum absolute atomic E-state index is 13.1. The minimum atomic E-state index is -0.150. The fourth-order valence-corrected chi connectivity index (χ4v) is 5.01. The van der Waals surface area contributed by atoms with Crippen LogP contribution in [0.15, 0.2) is 42.5 Å². The third-order valence-electron chi connectivity index (χ3n) is 4.86. The zero-order chi connectivity index (χ0) is 20.4. The quantitative estimate of drug-likeness (QED) is 0.442. The molecule has 1 unspecified atom stereocenters. The summed E-state index contributed by atoms with van der Waals surface area (Å²) in [5, 5.41) is 1.92. The smallest absolute Gasteiger partial charge is 0.252 e. The molecule has 4 rings (SSSR count). The number of carbonyl (C=O) groups is 1. The van der Waals surface area contributed by atoms with Gasteiger partial charge < -0.3 is 4.74 Å². The normalized spacial score (nSPS) is 16.7. The number of carbonyl (C=O) groups excluding carboxylic acids is 1. The first-order valence-electron chi connectivity index (χ1n) is 9.43. The van der Waals surface area contributed by atoms with Crippen LogP contribution in [0.2, 0.25) is 10.0 Å². The molecule has 0 spiro atoms. The van der Waals surface area contributed by atoms with E-state index in [0.717, 1.165) is 40.8 Å². The van der Waals surface area contributed by atoms with Crippen LogP contribution in [0.3, 0.4) is 0 Å². The van der Waals surface area contributed by atoms with Crippen molar-refractivity contribution in [3.05, 3.63) is 63.6 Å². The lowest BCUT2D eigenvalue weighted by molar-refractivity contribution is -0.114. The topological polar surface area (TPSA) is 42.4 Å². The standard InChI is InChI=1S/C22H20Cl2N2O2S/c1-14-11-16(23)12-19-21(14)25-22(29-19)26(13-17-6-4-10-28-17)20(27)9-8-15-5-2-3-7-18(15)24/h2-3,5,7-9,11-12,17H,4,6,10,13H2,1H3/b9-8+. The summed E-state index contributed by atoms with van der Waals surface area (Å²) in [4.78, 5) is 19.6. The van der Waals surface area contributed by atoms with Crippen LogP contribution in [0.25, 0.3) is 16.3 Å². The van der Waals surface area contributed by atoms with E-state index in [1.807, 2.05) is 37.3 Å². The molecule has 1 aliphatic heterocycles. The number of amides is 1. The lowest BCUT2D eigenvalue weighted by atomic mass is 10.2. The van der Waals surface area contributed by atoms with Crippen LogP contribution in [0.1, 0.15) is 24.0 Å². The van der Waals surface area contributed by atoms with E-state index in [2.05, 4.69) is 0 Å². The number of benzene rings is 2. The van der Waals surface area contributed by atoms with Gasteiger partial charge >= 0.3 is 0 Å². The molecule has 2 heterocycles. The van der Waals surface area contributed by atoms with E-state index in [1.165, 1.54) is 11.3 Å². The number of nitrogens with zero attached hydrogens (tertiary/aromatic N) is 2. The summed E-state index contributed by atoms with van der Waals surface area (Å²) >= 11 is 13.9. The van der Waals surface area contributed by atoms with E-state index in [9.17, 15) is 4.79 Å². The van der Waals surface area contributed by atoms with Crippen LogP contribution >= 0.6 is 34.5 Å². The van der Waals surface area contributed by atoms with Gasteiger partial charge in [0, 0.05) is 22.7 Å². The van der Waals surface area contributed by atoms with Gasteiger partial charge in [0.1, 0.15) is 0 Å². The van der Waals surface area contributed by atoms with Gasteiger partial charge in [0.2, 0.25) is 0 Å². The SMILES string of the molecule is Cc1cc(Cl)cc2sc(N(CC3CCCO3)C(=O)/C=C/c3ccccc3Cl)nc12. The first-order valence-corrected chi connectivity index (χ1v) is 11.0. The summed E-state index contributed by atoms with van der Waals surface area (Å²) in [6.45, 7) is 3.18. The molecular weight excluding hydrogens is 427 g/mol. The summed E-state index contributed by atoms with van der Waals surface area (Å²) in [6.07, 6.45) is 5.25. The molecule has 1 aliphatic rings. The lowest BCUT2D eigenvalue weighted by Crippen LogP contribution is -2.36. The van der Waals surface area contributed by atoms with Crippen LogP contribution in [0.4, 0.5) is 5.13 Å².